The first kappa shape index (κ1) is 20.2. The standard InChI is InChI=1S/C21H23N3O3S/c22-14-19-4-2-12-24(16-19)28(26,27)21-9-6-17(7-10-21)13-20(25)8-5-18-3-1-11-23-15-18/h1,3,6-7,9-11,15,19H,2,4-5,8,12-13,16H2/t19-/m1/s1. The topological polar surface area (TPSA) is 91.1 Å². The molecule has 1 fully saturated rings. The van der Waals surface area contributed by atoms with Crippen LogP contribution in [0.3, 0.4) is 0 Å². The quantitative estimate of drug-likeness (QED) is 0.716. The number of hydrogen-bond acceptors (Lipinski definition) is 5. The number of carbonyl (C=O) groups excluding carboxylic acids is 1. The highest BCUT2D eigenvalue weighted by molar-refractivity contribution is 7.89. The third-order valence-corrected chi connectivity index (χ3v) is 6.82. The van der Waals surface area contributed by atoms with Crippen molar-refractivity contribution in [2.45, 2.75) is 37.0 Å². The second-order valence-electron chi connectivity index (χ2n) is 7.05. The number of aromatic nitrogens is 1. The number of piperidine rings is 1. The smallest absolute Gasteiger partial charge is 0.243 e. The van der Waals surface area contributed by atoms with Gasteiger partial charge in [-0.3, -0.25) is 9.78 Å². The highest BCUT2D eigenvalue weighted by Crippen LogP contribution is 2.23. The second-order valence-corrected chi connectivity index (χ2v) is 8.99. The minimum absolute atomic E-state index is 0.104. The number of sulfonamides is 1. The van der Waals surface area contributed by atoms with E-state index in [1.165, 1.54) is 4.31 Å². The number of nitriles is 1. The number of ketones is 1. The highest BCUT2D eigenvalue weighted by atomic mass is 32.2. The van der Waals surface area contributed by atoms with Crippen LogP contribution in [0.25, 0.3) is 0 Å². The average molecular weight is 398 g/mol. The molecule has 1 aromatic heterocycles. The van der Waals surface area contributed by atoms with Gasteiger partial charge in [-0.25, -0.2) is 8.42 Å². The molecule has 3 rings (SSSR count). The molecule has 1 atom stereocenters. The third kappa shape index (κ3) is 5.03. The fraction of sp³-hybridized carbons (Fsp3) is 0.381. The molecule has 1 saturated heterocycles. The van der Waals surface area contributed by atoms with Crippen LogP contribution in [0.2, 0.25) is 0 Å². The zero-order valence-corrected chi connectivity index (χ0v) is 16.4. The Morgan fingerprint density at radius 1 is 1.21 bits per heavy atom. The Hall–Kier alpha value is -2.56. The van der Waals surface area contributed by atoms with Gasteiger partial charge < -0.3 is 0 Å². The van der Waals surface area contributed by atoms with Crippen molar-refractivity contribution < 1.29 is 13.2 Å². The summed E-state index contributed by atoms with van der Waals surface area (Å²) in [6, 6.07) is 12.4. The van der Waals surface area contributed by atoms with Crippen LogP contribution < -0.4 is 0 Å². The summed E-state index contributed by atoms with van der Waals surface area (Å²) in [5.41, 5.74) is 1.82. The molecule has 28 heavy (non-hydrogen) atoms. The summed E-state index contributed by atoms with van der Waals surface area (Å²) in [4.78, 5) is 16.5. The zero-order valence-electron chi connectivity index (χ0n) is 15.6. The molecular formula is C21H23N3O3S. The molecule has 0 unspecified atom stereocenters. The lowest BCUT2D eigenvalue weighted by atomic mass is 10.0. The molecule has 0 spiro atoms. The fourth-order valence-electron chi connectivity index (χ4n) is 3.34. The van der Waals surface area contributed by atoms with Crippen LogP contribution in [0, 0.1) is 17.2 Å². The first-order valence-electron chi connectivity index (χ1n) is 9.38. The summed E-state index contributed by atoms with van der Waals surface area (Å²) < 4.78 is 27.0. The number of nitrogens with zero attached hydrogens (tertiary/aromatic N) is 3. The number of aryl methyl sites for hydroxylation is 1. The van der Waals surface area contributed by atoms with E-state index in [1.807, 2.05) is 12.1 Å². The van der Waals surface area contributed by atoms with Crippen molar-refractivity contribution in [3.63, 3.8) is 0 Å². The highest BCUT2D eigenvalue weighted by Gasteiger charge is 2.30. The molecule has 7 heteroatoms. The van der Waals surface area contributed by atoms with Gasteiger partial charge in [-0.1, -0.05) is 18.2 Å². The van der Waals surface area contributed by atoms with Crippen molar-refractivity contribution in [2.24, 2.45) is 5.92 Å². The van der Waals surface area contributed by atoms with Crippen LogP contribution in [-0.2, 0) is 27.7 Å². The van der Waals surface area contributed by atoms with E-state index in [0.29, 0.717) is 25.8 Å². The molecule has 1 aliphatic rings. The van der Waals surface area contributed by atoms with Crippen molar-refractivity contribution >= 4 is 15.8 Å². The van der Waals surface area contributed by atoms with Gasteiger partial charge in [-0.2, -0.15) is 9.57 Å². The average Bonchev–Trinajstić information content (AvgIpc) is 2.73. The number of pyridine rings is 1. The lowest BCUT2D eigenvalue weighted by Gasteiger charge is -2.28. The Labute approximate surface area is 165 Å². The van der Waals surface area contributed by atoms with Crippen molar-refractivity contribution in [3.8, 4) is 6.07 Å². The molecule has 6 nitrogen and oxygen atoms in total. The Kier molecular flexibility index (Phi) is 6.55. The lowest BCUT2D eigenvalue weighted by Crippen LogP contribution is -2.39. The summed E-state index contributed by atoms with van der Waals surface area (Å²) in [5, 5.41) is 9.07. The van der Waals surface area contributed by atoms with E-state index in [9.17, 15) is 13.2 Å². The van der Waals surface area contributed by atoms with Gasteiger partial charge in [0.05, 0.1) is 16.9 Å². The van der Waals surface area contributed by atoms with Crippen molar-refractivity contribution in [3.05, 3.63) is 59.9 Å². The Morgan fingerprint density at radius 3 is 2.68 bits per heavy atom. The Morgan fingerprint density at radius 2 is 2.00 bits per heavy atom. The van der Waals surface area contributed by atoms with E-state index in [0.717, 1.165) is 17.5 Å². The monoisotopic (exact) mass is 397 g/mol. The normalized spacial score (nSPS) is 17.8. The first-order valence-corrected chi connectivity index (χ1v) is 10.8. The van der Waals surface area contributed by atoms with Crippen LogP contribution in [0.1, 0.15) is 30.4 Å². The van der Waals surface area contributed by atoms with Gasteiger partial charge in [0.15, 0.2) is 0 Å². The number of Topliss-reactive ketones (excluding diaryl/α,β-unsaturated/α-hetero) is 1. The van der Waals surface area contributed by atoms with Crippen molar-refractivity contribution in [2.75, 3.05) is 13.1 Å². The van der Waals surface area contributed by atoms with E-state index in [4.69, 9.17) is 5.26 Å². The van der Waals surface area contributed by atoms with Gasteiger partial charge in [0.25, 0.3) is 0 Å². The zero-order chi connectivity index (χ0) is 20.0. The van der Waals surface area contributed by atoms with Gasteiger partial charge in [0.2, 0.25) is 10.0 Å². The molecule has 2 aromatic rings. The maximum absolute atomic E-state index is 12.8. The van der Waals surface area contributed by atoms with Crippen LogP contribution in [0.5, 0.6) is 0 Å². The predicted octanol–water partition coefficient (Wildman–Crippen LogP) is 2.75. The summed E-state index contributed by atoms with van der Waals surface area (Å²) in [5.74, 6) is -0.146. The lowest BCUT2D eigenvalue weighted by molar-refractivity contribution is -0.118. The van der Waals surface area contributed by atoms with Crippen LogP contribution in [0.15, 0.2) is 53.7 Å². The third-order valence-electron chi connectivity index (χ3n) is 4.94. The number of carbonyl (C=O) groups is 1. The predicted molar refractivity (Wildman–Crippen MR) is 105 cm³/mol. The molecule has 0 N–H and O–H groups in total. The molecule has 0 radical (unpaired) electrons. The second kappa shape index (κ2) is 9.09. The van der Waals surface area contributed by atoms with Crippen LogP contribution >= 0.6 is 0 Å². The minimum Gasteiger partial charge on any atom is -0.299 e. The molecule has 0 bridgehead atoms. The maximum Gasteiger partial charge on any atom is 0.243 e. The molecule has 0 amide bonds. The van der Waals surface area contributed by atoms with E-state index in [-0.39, 0.29) is 29.6 Å². The Balaban J connectivity index is 1.59. The van der Waals surface area contributed by atoms with Crippen molar-refractivity contribution in [1.82, 2.24) is 9.29 Å². The number of benzene rings is 1. The van der Waals surface area contributed by atoms with Gasteiger partial charge in [-0.05, 0) is 48.6 Å². The molecule has 0 saturated carbocycles. The van der Waals surface area contributed by atoms with Crippen LogP contribution in [0.4, 0.5) is 0 Å². The molecular weight excluding hydrogens is 374 g/mol. The van der Waals surface area contributed by atoms with E-state index >= 15 is 0 Å². The summed E-state index contributed by atoms with van der Waals surface area (Å²) in [6.07, 6.45) is 6.24. The van der Waals surface area contributed by atoms with Gasteiger partial charge in [0.1, 0.15) is 5.78 Å². The van der Waals surface area contributed by atoms with Gasteiger partial charge in [0, 0.05) is 38.3 Å². The molecule has 1 aliphatic heterocycles. The molecule has 0 aliphatic carbocycles. The largest absolute Gasteiger partial charge is 0.299 e. The molecule has 146 valence electrons. The van der Waals surface area contributed by atoms with Gasteiger partial charge >= 0.3 is 0 Å². The minimum atomic E-state index is -3.61. The van der Waals surface area contributed by atoms with E-state index in [1.54, 1.807) is 36.7 Å². The number of rotatable bonds is 7. The summed E-state index contributed by atoms with van der Waals surface area (Å²) in [6.45, 7) is 0.683. The first-order chi connectivity index (χ1) is 13.5. The molecule has 2 heterocycles. The van der Waals surface area contributed by atoms with Crippen LogP contribution in [-0.4, -0.2) is 36.6 Å². The fourth-order valence-corrected chi connectivity index (χ4v) is 4.86. The Bertz CT molecular complexity index is 951. The maximum atomic E-state index is 12.8. The number of hydrogen-bond donors (Lipinski definition) is 0. The van der Waals surface area contributed by atoms with E-state index in [2.05, 4.69) is 11.1 Å². The van der Waals surface area contributed by atoms with Crippen molar-refractivity contribution in [1.29, 1.82) is 5.26 Å². The summed E-state index contributed by atoms with van der Waals surface area (Å²) in [7, 11) is -3.61. The SMILES string of the molecule is N#C[C@H]1CCCN(S(=O)(=O)c2ccc(CC(=O)CCc3cccnc3)cc2)C1. The summed E-state index contributed by atoms with van der Waals surface area (Å²) >= 11 is 0. The molecule has 1 aromatic carbocycles. The van der Waals surface area contributed by atoms with Gasteiger partial charge in [-0.15, -0.1) is 0 Å². The van der Waals surface area contributed by atoms with E-state index < -0.39 is 10.0 Å².